The summed E-state index contributed by atoms with van der Waals surface area (Å²) in [6.07, 6.45) is 1.16. The fraction of sp³-hybridized carbons (Fsp3) is 0.385. The quantitative estimate of drug-likeness (QED) is 0.913. The molecule has 0 saturated carbocycles. The van der Waals surface area contributed by atoms with Crippen LogP contribution in [0.4, 0.5) is 0 Å². The first-order valence-electron chi connectivity index (χ1n) is 6.04. The average molecular weight is 282 g/mol. The van der Waals surface area contributed by atoms with E-state index in [2.05, 4.69) is 10.1 Å². The van der Waals surface area contributed by atoms with Crippen LogP contribution in [0.1, 0.15) is 24.4 Å². The van der Waals surface area contributed by atoms with E-state index in [1.165, 1.54) is 6.33 Å². The van der Waals surface area contributed by atoms with E-state index >= 15 is 0 Å². The third kappa shape index (κ3) is 3.05. The molecule has 1 atom stereocenters. The predicted octanol–water partition coefficient (Wildman–Crippen LogP) is 2.24. The van der Waals surface area contributed by atoms with Crippen LogP contribution < -0.4 is 4.74 Å². The Morgan fingerprint density at radius 3 is 2.95 bits per heavy atom. The molecule has 0 aliphatic heterocycles. The summed E-state index contributed by atoms with van der Waals surface area (Å²) >= 11 is 5.90. The molecule has 2 rings (SSSR count). The summed E-state index contributed by atoms with van der Waals surface area (Å²) in [6.45, 7) is 2.70. The Kier molecular flexibility index (Phi) is 4.39. The number of hydrogen-bond acceptors (Lipinski definition) is 4. The molecule has 1 N–H and O–H groups in total. The summed E-state index contributed by atoms with van der Waals surface area (Å²) in [5, 5.41) is 15.0. The first-order chi connectivity index (χ1) is 9.15. The molecular formula is C13H16ClN3O2. The van der Waals surface area contributed by atoms with Gasteiger partial charge in [-0.25, -0.2) is 4.98 Å². The van der Waals surface area contributed by atoms with E-state index in [4.69, 9.17) is 16.3 Å². The van der Waals surface area contributed by atoms with E-state index in [1.54, 1.807) is 30.0 Å². The van der Waals surface area contributed by atoms with Gasteiger partial charge in [-0.1, -0.05) is 17.7 Å². The molecule has 0 spiro atoms. The second-order valence-corrected chi connectivity index (χ2v) is 4.53. The summed E-state index contributed by atoms with van der Waals surface area (Å²) in [4.78, 5) is 4.15. The summed E-state index contributed by atoms with van der Waals surface area (Å²) in [5.41, 5.74) is 0.692. The second-order valence-electron chi connectivity index (χ2n) is 4.10. The number of aryl methyl sites for hydroxylation is 1. The van der Waals surface area contributed by atoms with E-state index in [0.717, 1.165) is 12.4 Å². The van der Waals surface area contributed by atoms with Crippen molar-refractivity contribution in [2.24, 2.45) is 0 Å². The maximum absolute atomic E-state index is 10.3. The normalized spacial score (nSPS) is 12.4. The van der Waals surface area contributed by atoms with Gasteiger partial charge in [-0.3, -0.25) is 4.68 Å². The Hall–Kier alpha value is -1.59. The zero-order valence-corrected chi connectivity index (χ0v) is 11.6. The van der Waals surface area contributed by atoms with Crippen molar-refractivity contribution in [1.82, 2.24) is 14.8 Å². The van der Waals surface area contributed by atoms with Crippen LogP contribution in [0, 0.1) is 0 Å². The van der Waals surface area contributed by atoms with Gasteiger partial charge in [-0.05, 0) is 19.1 Å². The standard InChI is InChI=1S/C13H16ClN3O2/c1-3-17-13(15-8-16-17)7-11(18)10-5-4-9(14)6-12(10)19-2/h4-6,8,11,18H,3,7H2,1-2H3. The van der Waals surface area contributed by atoms with Crippen molar-refractivity contribution in [1.29, 1.82) is 0 Å². The lowest BCUT2D eigenvalue weighted by Crippen LogP contribution is -2.10. The summed E-state index contributed by atoms with van der Waals surface area (Å²) in [7, 11) is 1.55. The zero-order chi connectivity index (χ0) is 13.8. The summed E-state index contributed by atoms with van der Waals surface area (Å²) in [5.74, 6) is 1.31. The van der Waals surface area contributed by atoms with Crippen molar-refractivity contribution >= 4 is 11.6 Å². The molecule has 102 valence electrons. The number of aliphatic hydroxyl groups excluding tert-OH is 1. The molecule has 2 aromatic rings. The molecule has 6 heteroatoms. The van der Waals surface area contributed by atoms with Gasteiger partial charge in [-0.2, -0.15) is 5.10 Å². The third-order valence-electron chi connectivity index (χ3n) is 2.93. The van der Waals surface area contributed by atoms with E-state index in [0.29, 0.717) is 22.8 Å². The van der Waals surface area contributed by atoms with Gasteiger partial charge in [-0.15, -0.1) is 0 Å². The van der Waals surface area contributed by atoms with E-state index in [-0.39, 0.29) is 0 Å². The lowest BCUT2D eigenvalue weighted by Gasteiger charge is -2.15. The van der Waals surface area contributed by atoms with Gasteiger partial charge >= 0.3 is 0 Å². The van der Waals surface area contributed by atoms with Crippen LogP contribution in [0.5, 0.6) is 5.75 Å². The third-order valence-corrected chi connectivity index (χ3v) is 3.16. The van der Waals surface area contributed by atoms with Gasteiger partial charge in [0.1, 0.15) is 17.9 Å². The van der Waals surface area contributed by atoms with E-state index in [1.807, 2.05) is 6.92 Å². The SMILES string of the molecule is CCn1ncnc1CC(O)c1ccc(Cl)cc1OC. The predicted molar refractivity (Wildman–Crippen MR) is 72.4 cm³/mol. The molecule has 0 bridgehead atoms. The average Bonchev–Trinajstić information content (AvgIpc) is 2.85. The Morgan fingerprint density at radius 2 is 2.26 bits per heavy atom. The van der Waals surface area contributed by atoms with Crippen LogP contribution in [0.3, 0.4) is 0 Å². The van der Waals surface area contributed by atoms with E-state index < -0.39 is 6.10 Å². The fourth-order valence-corrected chi connectivity index (χ4v) is 2.12. The van der Waals surface area contributed by atoms with Crippen molar-refractivity contribution in [2.45, 2.75) is 26.0 Å². The molecule has 0 amide bonds. The van der Waals surface area contributed by atoms with E-state index in [9.17, 15) is 5.11 Å². The highest BCUT2D eigenvalue weighted by molar-refractivity contribution is 6.30. The smallest absolute Gasteiger partial charge is 0.138 e. The molecule has 19 heavy (non-hydrogen) atoms. The van der Waals surface area contributed by atoms with Gasteiger partial charge in [0.25, 0.3) is 0 Å². The zero-order valence-electron chi connectivity index (χ0n) is 10.9. The Bertz CT molecular complexity index is 557. The Balaban J connectivity index is 2.22. The number of aromatic nitrogens is 3. The number of hydrogen-bond donors (Lipinski definition) is 1. The Morgan fingerprint density at radius 1 is 1.47 bits per heavy atom. The first-order valence-corrected chi connectivity index (χ1v) is 6.41. The number of ether oxygens (including phenoxy) is 1. The maximum Gasteiger partial charge on any atom is 0.138 e. The second kappa shape index (κ2) is 6.04. The van der Waals surface area contributed by atoms with Crippen LogP contribution in [0.25, 0.3) is 0 Å². The highest BCUT2D eigenvalue weighted by Crippen LogP contribution is 2.29. The monoisotopic (exact) mass is 281 g/mol. The highest BCUT2D eigenvalue weighted by Gasteiger charge is 2.17. The van der Waals surface area contributed by atoms with Crippen molar-refractivity contribution in [3.8, 4) is 5.75 Å². The van der Waals surface area contributed by atoms with Crippen LogP contribution in [0.2, 0.25) is 5.02 Å². The molecule has 0 aliphatic rings. The first kappa shape index (κ1) is 13.8. The molecule has 1 aromatic heterocycles. The number of rotatable bonds is 5. The largest absolute Gasteiger partial charge is 0.496 e. The summed E-state index contributed by atoms with van der Waals surface area (Å²) < 4.78 is 6.99. The molecule has 1 aromatic carbocycles. The molecule has 0 aliphatic carbocycles. The number of methoxy groups -OCH3 is 1. The Labute approximate surface area is 116 Å². The van der Waals surface area contributed by atoms with Crippen molar-refractivity contribution in [2.75, 3.05) is 7.11 Å². The minimum absolute atomic E-state index is 0.381. The molecule has 0 radical (unpaired) electrons. The van der Waals surface area contributed by atoms with Crippen LogP contribution in [-0.4, -0.2) is 27.0 Å². The van der Waals surface area contributed by atoms with Gasteiger partial charge in [0.05, 0.1) is 13.2 Å². The number of aliphatic hydroxyl groups is 1. The lowest BCUT2D eigenvalue weighted by atomic mass is 10.1. The molecule has 0 fully saturated rings. The van der Waals surface area contributed by atoms with Gasteiger partial charge < -0.3 is 9.84 Å². The van der Waals surface area contributed by atoms with Gasteiger partial charge in [0.15, 0.2) is 0 Å². The molecule has 1 unspecified atom stereocenters. The number of nitrogens with zero attached hydrogens (tertiary/aromatic N) is 3. The minimum Gasteiger partial charge on any atom is -0.496 e. The fourth-order valence-electron chi connectivity index (χ4n) is 1.95. The highest BCUT2D eigenvalue weighted by atomic mass is 35.5. The molecule has 5 nitrogen and oxygen atoms in total. The topological polar surface area (TPSA) is 60.2 Å². The molecule has 1 heterocycles. The maximum atomic E-state index is 10.3. The number of benzene rings is 1. The lowest BCUT2D eigenvalue weighted by molar-refractivity contribution is 0.170. The van der Waals surface area contributed by atoms with Crippen LogP contribution in [-0.2, 0) is 13.0 Å². The summed E-state index contributed by atoms with van der Waals surface area (Å²) in [6, 6.07) is 5.18. The van der Waals surface area contributed by atoms with Crippen LogP contribution in [0.15, 0.2) is 24.5 Å². The van der Waals surface area contributed by atoms with Crippen molar-refractivity contribution < 1.29 is 9.84 Å². The van der Waals surface area contributed by atoms with Crippen LogP contribution >= 0.6 is 11.6 Å². The van der Waals surface area contributed by atoms with Gasteiger partial charge in [0.2, 0.25) is 0 Å². The number of halogens is 1. The van der Waals surface area contributed by atoms with Crippen molar-refractivity contribution in [3.05, 3.63) is 40.9 Å². The van der Waals surface area contributed by atoms with Gasteiger partial charge in [0, 0.05) is 23.6 Å². The minimum atomic E-state index is -0.707. The molecule has 0 saturated heterocycles. The van der Waals surface area contributed by atoms with Crippen molar-refractivity contribution in [3.63, 3.8) is 0 Å². The molecular weight excluding hydrogens is 266 g/mol.